The van der Waals surface area contributed by atoms with Crippen LogP contribution in [-0.4, -0.2) is 61.0 Å². The Morgan fingerprint density at radius 2 is 1.76 bits per heavy atom. The number of fused-ring (bicyclic) bond motifs is 5. The van der Waals surface area contributed by atoms with Gasteiger partial charge in [-0.3, -0.25) is 9.59 Å². The van der Waals surface area contributed by atoms with Gasteiger partial charge >= 0.3 is 11.9 Å². The van der Waals surface area contributed by atoms with Crippen LogP contribution >= 0.6 is 11.6 Å². The molecule has 49 heavy (non-hydrogen) atoms. The van der Waals surface area contributed by atoms with Gasteiger partial charge in [0.1, 0.15) is 11.7 Å². The highest BCUT2D eigenvalue weighted by Gasteiger charge is 2.49. The molecule has 0 saturated carbocycles. The van der Waals surface area contributed by atoms with Gasteiger partial charge in [0, 0.05) is 46.4 Å². The van der Waals surface area contributed by atoms with Crippen molar-refractivity contribution >= 4 is 40.7 Å². The highest BCUT2D eigenvalue weighted by Crippen LogP contribution is 2.50. The predicted molar refractivity (Wildman–Crippen MR) is 187 cm³/mol. The third kappa shape index (κ3) is 5.04. The molecule has 7 aliphatic rings. The number of hydrogen-bond donors (Lipinski definition) is 2. The second-order valence-electron chi connectivity index (χ2n) is 13.2. The first-order valence-electron chi connectivity index (χ1n) is 16.7. The lowest BCUT2D eigenvalue weighted by Gasteiger charge is -2.20. The zero-order valence-corrected chi connectivity index (χ0v) is 29.4. The van der Waals surface area contributed by atoms with E-state index in [0.29, 0.717) is 57.7 Å². The molecule has 0 radical (unpaired) electrons. The largest absolute Gasteiger partial charge is 0.510 e. The summed E-state index contributed by atoms with van der Waals surface area (Å²) in [5.74, 6) is -2.73. The topological polar surface area (TPSA) is 147 Å². The van der Waals surface area contributed by atoms with Crippen LogP contribution in [0, 0.1) is 17.8 Å². The molecule has 0 aromatic carbocycles. The van der Waals surface area contributed by atoms with Crippen LogP contribution in [0.15, 0.2) is 116 Å². The summed E-state index contributed by atoms with van der Waals surface area (Å²) in [6, 6.07) is -0.152. The van der Waals surface area contributed by atoms with E-state index < -0.39 is 11.9 Å². The summed E-state index contributed by atoms with van der Waals surface area (Å²) in [6.45, 7) is 10.7. The van der Waals surface area contributed by atoms with Crippen molar-refractivity contribution in [2.75, 3.05) is 20.8 Å². The fraction of sp³-hybridized carbons (Fsp3) is 0.432. The summed E-state index contributed by atoms with van der Waals surface area (Å²) < 4.78 is 10.2. The van der Waals surface area contributed by atoms with Gasteiger partial charge in [-0.05, 0) is 74.5 Å². The van der Waals surface area contributed by atoms with Crippen molar-refractivity contribution in [3.63, 3.8) is 0 Å². The zero-order chi connectivity index (χ0) is 34.9. The molecule has 7 rings (SSSR count). The molecule has 6 aliphatic heterocycles. The molecule has 0 amide bonds. The molecule has 11 nitrogen and oxygen atoms in total. The maximum atomic E-state index is 13.4. The molecule has 0 spiro atoms. The van der Waals surface area contributed by atoms with Gasteiger partial charge in [0.25, 0.3) is 0 Å². The molecule has 4 atom stereocenters. The van der Waals surface area contributed by atoms with Gasteiger partial charge in [-0.1, -0.05) is 25.4 Å². The Labute approximate surface area is 290 Å². The molecule has 1 unspecified atom stereocenters. The van der Waals surface area contributed by atoms with E-state index in [1.807, 2.05) is 32.9 Å². The quantitative estimate of drug-likeness (QED) is 0.295. The molecule has 8 bridgehead atoms. The van der Waals surface area contributed by atoms with E-state index in [-0.39, 0.29) is 36.0 Å². The molecule has 254 valence electrons. The number of methoxy groups -OCH3 is 2. The maximum absolute atomic E-state index is 13.4. The SMILES string of the molecule is CCC1=C(C)C2=NC1=CC1=C(C)C3=C(O)[C@H](C(=O)OC)C(=C4NC(=C(Cl)C5=NC(=C2)C(C2CCN=N2)=C5C)[C@@H](C)[C@@H]4CCC(=O)OC)C3=N1. The van der Waals surface area contributed by atoms with Gasteiger partial charge in [0.05, 0.1) is 66.1 Å². The monoisotopic (exact) mass is 682 g/mol. The van der Waals surface area contributed by atoms with Crippen LogP contribution in [0.4, 0.5) is 0 Å². The van der Waals surface area contributed by atoms with Crippen LogP contribution in [-0.2, 0) is 19.1 Å². The van der Waals surface area contributed by atoms with Crippen LogP contribution < -0.4 is 5.32 Å². The van der Waals surface area contributed by atoms with E-state index in [0.717, 1.165) is 57.8 Å². The minimum absolute atomic E-state index is 0.121. The Hall–Kier alpha value is -4.64. The second kappa shape index (κ2) is 12.4. The number of hydrogen-bond acceptors (Lipinski definition) is 11. The van der Waals surface area contributed by atoms with E-state index in [9.17, 15) is 14.7 Å². The summed E-state index contributed by atoms with van der Waals surface area (Å²) in [5.41, 5.74) is 11.2. The maximum Gasteiger partial charge on any atom is 0.321 e. The number of allylic oxidation sites excluding steroid dienone is 10. The van der Waals surface area contributed by atoms with Crippen molar-refractivity contribution in [1.29, 1.82) is 0 Å². The average Bonchev–Trinajstić information content (AvgIpc) is 3.92. The van der Waals surface area contributed by atoms with Crippen molar-refractivity contribution in [1.82, 2.24) is 5.32 Å². The third-order valence-electron chi connectivity index (χ3n) is 10.7. The number of halogens is 1. The van der Waals surface area contributed by atoms with E-state index in [1.54, 1.807) is 0 Å². The highest BCUT2D eigenvalue weighted by atomic mass is 35.5. The lowest BCUT2D eigenvalue weighted by Crippen LogP contribution is -2.25. The van der Waals surface area contributed by atoms with Crippen LogP contribution in [0.2, 0.25) is 0 Å². The first kappa shape index (κ1) is 32.9. The number of nitrogens with zero attached hydrogens (tertiary/aromatic N) is 5. The van der Waals surface area contributed by atoms with Crippen LogP contribution in [0.25, 0.3) is 0 Å². The third-order valence-corrected chi connectivity index (χ3v) is 11.1. The number of carbonyl (C=O) groups excluding carboxylic acids is 2. The molecule has 1 saturated heterocycles. The van der Waals surface area contributed by atoms with Crippen LogP contribution in [0.5, 0.6) is 0 Å². The molecule has 0 aromatic rings. The van der Waals surface area contributed by atoms with Gasteiger partial charge < -0.3 is 19.9 Å². The van der Waals surface area contributed by atoms with Crippen molar-refractivity contribution < 1.29 is 24.2 Å². The van der Waals surface area contributed by atoms with Crippen molar-refractivity contribution in [3.8, 4) is 0 Å². The first-order chi connectivity index (χ1) is 23.5. The van der Waals surface area contributed by atoms with E-state index in [2.05, 4.69) is 29.4 Å². The zero-order valence-electron chi connectivity index (χ0n) is 28.7. The number of azo groups is 1. The normalized spacial score (nSPS) is 27.3. The lowest BCUT2D eigenvalue weighted by atomic mass is 9.84. The van der Waals surface area contributed by atoms with Crippen molar-refractivity contribution in [2.45, 2.75) is 66.3 Å². The molecule has 1 fully saturated rings. The molecule has 2 N–H and O–H groups in total. The highest BCUT2D eigenvalue weighted by molar-refractivity contribution is 6.47. The molecule has 6 heterocycles. The lowest BCUT2D eigenvalue weighted by molar-refractivity contribution is -0.143. The number of ether oxygens (including phenoxy) is 2. The fourth-order valence-electron chi connectivity index (χ4n) is 8.00. The van der Waals surface area contributed by atoms with Gasteiger partial charge in [0.2, 0.25) is 0 Å². The Morgan fingerprint density at radius 3 is 2.43 bits per heavy atom. The summed E-state index contributed by atoms with van der Waals surface area (Å²) in [5, 5.41) is 24.6. The Kier molecular flexibility index (Phi) is 8.29. The number of aliphatic hydroxyl groups is 1. The van der Waals surface area contributed by atoms with E-state index in [1.165, 1.54) is 14.2 Å². The molecular weight excluding hydrogens is 644 g/mol. The Morgan fingerprint density at radius 1 is 0.980 bits per heavy atom. The van der Waals surface area contributed by atoms with Gasteiger partial charge in [0.15, 0.2) is 0 Å². The van der Waals surface area contributed by atoms with E-state index >= 15 is 0 Å². The standard InChI is InChI=1S/C37H39ClN6O5/c1-8-19-15(2)22-14-25-27(21-11-12-39-44-21)18(5)33(42-25)31(38)32-16(3)20(9-10-26(45)48-6)34(43-32)29-30(37(47)49-7)36(46)28-17(4)23(41-35(28)29)13-24(19)40-22/h13-14,16,20-21,30,43,46H,8-12H2,1-7H3/t16-,20-,21?,30+/m0/s1. The van der Waals surface area contributed by atoms with Gasteiger partial charge in [-0.15, -0.1) is 0 Å². The number of rotatable bonds is 6. The number of esters is 2. The van der Waals surface area contributed by atoms with Crippen molar-refractivity contribution in [3.05, 3.63) is 90.4 Å². The smallest absolute Gasteiger partial charge is 0.321 e. The van der Waals surface area contributed by atoms with Crippen LogP contribution in [0.1, 0.15) is 60.3 Å². The van der Waals surface area contributed by atoms with Gasteiger partial charge in [-0.2, -0.15) is 10.2 Å². The summed E-state index contributed by atoms with van der Waals surface area (Å²) in [4.78, 5) is 41.2. The number of nitrogens with one attached hydrogen (secondary N) is 1. The minimum Gasteiger partial charge on any atom is -0.510 e. The number of carbonyl (C=O) groups is 2. The van der Waals surface area contributed by atoms with Gasteiger partial charge in [-0.25, -0.2) is 15.0 Å². The van der Waals surface area contributed by atoms with E-state index in [4.69, 9.17) is 36.1 Å². The average molecular weight is 683 g/mol. The van der Waals surface area contributed by atoms with Crippen molar-refractivity contribution in [2.24, 2.45) is 43.0 Å². The number of aliphatic imine (C=N–C) groups is 3. The Bertz CT molecular complexity index is 2010. The predicted octanol–water partition coefficient (Wildman–Crippen LogP) is 6.80. The van der Waals surface area contributed by atoms with Crippen LogP contribution in [0.3, 0.4) is 0 Å². The first-order valence-corrected chi connectivity index (χ1v) is 17.1. The molecular formula is C37H39ClN6O5. The fourth-order valence-corrected chi connectivity index (χ4v) is 8.41. The summed E-state index contributed by atoms with van der Waals surface area (Å²) in [7, 11) is 2.66. The molecule has 1 aliphatic carbocycles. The summed E-state index contributed by atoms with van der Waals surface area (Å²) >= 11 is 7.38. The molecule has 12 heteroatoms. The second-order valence-corrected chi connectivity index (χ2v) is 13.6. The molecule has 0 aromatic heterocycles. The minimum atomic E-state index is -1.11. The Balaban J connectivity index is 1.53. The number of aliphatic hydroxyl groups excluding tert-OH is 1. The summed E-state index contributed by atoms with van der Waals surface area (Å²) in [6.07, 6.45) is 6.03.